The molecule has 17 heavy (non-hydrogen) atoms. The zero-order valence-corrected chi connectivity index (χ0v) is 11.0. The van der Waals surface area contributed by atoms with Gasteiger partial charge >= 0.3 is 0 Å². The van der Waals surface area contributed by atoms with Crippen LogP contribution in [0.15, 0.2) is 10.6 Å². The lowest BCUT2D eigenvalue weighted by Gasteiger charge is -2.18. The molecule has 0 radical (unpaired) electrons. The van der Waals surface area contributed by atoms with Gasteiger partial charge in [-0.2, -0.15) is 0 Å². The van der Waals surface area contributed by atoms with Crippen molar-refractivity contribution in [1.29, 1.82) is 0 Å². The van der Waals surface area contributed by atoms with Gasteiger partial charge in [0, 0.05) is 18.4 Å². The minimum atomic E-state index is -2.96. The molecular formula is C11H18N2O3S. The minimum Gasteiger partial charge on any atom is -0.360 e. The van der Waals surface area contributed by atoms with Crippen molar-refractivity contribution in [3.05, 3.63) is 17.5 Å². The number of nitrogens with zero attached hydrogens (tertiary/aromatic N) is 1. The van der Waals surface area contributed by atoms with E-state index in [-0.39, 0.29) is 11.3 Å². The molecule has 1 saturated carbocycles. The van der Waals surface area contributed by atoms with E-state index < -0.39 is 9.84 Å². The smallest absolute Gasteiger partial charge is 0.151 e. The van der Waals surface area contributed by atoms with Crippen LogP contribution in [0.3, 0.4) is 0 Å². The number of hydrogen-bond donors (Lipinski definition) is 1. The van der Waals surface area contributed by atoms with Crippen LogP contribution in [0.5, 0.6) is 0 Å². The van der Waals surface area contributed by atoms with Crippen molar-refractivity contribution in [2.24, 2.45) is 0 Å². The molecule has 6 heteroatoms. The molecule has 1 aromatic rings. The van der Waals surface area contributed by atoms with E-state index in [0.29, 0.717) is 6.54 Å². The second kappa shape index (κ2) is 4.78. The summed E-state index contributed by atoms with van der Waals surface area (Å²) in [5, 5.41) is 6.79. The number of aromatic nitrogens is 1. The Bertz CT molecular complexity index is 481. The van der Waals surface area contributed by atoms with Crippen LogP contribution in [0.4, 0.5) is 0 Å². The molecule has 2 rings (SSSR count). The van der Waals surface area contributed by atoms with Crippen LogP contribution in [0.2, 0.25) is 0 Å². The minimum absolute atomic E-state index is 0.0374. The number of rotatable bonds is 4. The molecule has 1 heterocycles. The summed E-state index contributed by atoms with van der Waals surface area (Å²) in [6, 6.07) is 1.90. The van der Waals surface area contributed by atoms with E-state index in [1.54, 1.807) is 0 Å². The monoisotopic (exact) mass is 258 g/mol. The Morgan fingerprint density at radius 2 is 2.29 bits per heavy atom. The first-order valence-corrected chi connectivity index (χ1v) is 7.77. The van der Waals surface area contributed by atoms with Gasteiger partial charge in [0.25, 0.3) is 0 Å². The van der Waals surface area contributed by atoms with E-state index in [2.05, 4.69) is 10.5 Å². The molecule has 0 aromatic carbocycles. The van der Waals surface area contributed by atoms with Gasteiger partial charge in [-0.15, -0.1) is 0 Å². The van der Waals surface area contributed by atoms with Crippen molar-refractivity contribution >= 4 is 9.84 Å². The van der Waals surface area contributed by atoms with Gasteiger partial charge < -0.3 is 9.84 Å². The number of nitrogens with one attached hydrogen (secondary N) is 1. The van der Waals surface area contributed by atoms with E-state index in [0.717, 1.165) is 30.7 Å². The Hall–Kier alpha value is -0.880. The molecule has 1 aromatic heterocycles. The average molecular weight is 258 g/mol. The maximum absolute atomic E-state index is 11.6. The second-order valence-electron chi connectivity index (χ2n) is 4.72. The third-order valence-electron chi connectivity index (χ3n) is 3.22. The van der Waals surface area contributed by atoms with Gasteiger partial charge in [0.15, 0.2) is 15.6 Å². The fraction of sp³-hybridized carbons (Fsp3) is 0.727. The number of aryl methyl sites for hydroxylation is 1. The first kappa shape index (κ1) is 12.6. The van der Waals surface area contributed by atoms with Gasteiger partial charge in [-0.3, -0.25) is 0 Å². The summed E-state index contributed by atoms with van der Waals surface area (Å²) in [7, 11) is -2.96. The predicted octanol–water partition coefficient (Wildman–Crippen LogP) is 1.04. The highest BCUT2D eigenvalue weighted by Gasteiger charge is 2.34. The first-order chi connectivity index (χ1) is 7.97. The molecular weight excluding hydrogens is 240 g/mol. The largest absolute Gasteiger partial charge is 0.360 e. The van der Waals surface area contributed by atoms with Crippen LogP contribution in [0, 0.1) is 6.92 Å². The predicted molar refractivity (Wildman–Crippen MR) is 64.4 cm³/mol. The Kier molecular flexibility index (Phi) is 3.53. The fourth-order valence-electron chi connectivity index (χ4n) is 2.40. The summed E-state index contributed by atoms with van der Waals surface area (Å²) in [5.41, 5.74) is 0.841. The normalized spacial score (nSPS) is 25.3. The lowest BCUT2D eigenvalue weighted by Crippen LogP contribution is -2.39. The Balaban J connectivity index is 1.95. The van der Waals surface area contributed by atoms with E-state index in [1.807, 2.05) is 13.0 Å². The topological polar surface area (TPSA) is 72.2 Å². The van der Waals surface area contributed by atoms with E-state index in [4.69, 9.17) is 4.52 Å². The Morgan fingerprint density at radius 3 is 2.88 bits per heavy atom. The summed E-state index contributed by atoms with van der Waals surface area (Å²) < 4.78 is 28.3. The zero-order chi connectivity index (χ0) is 12.5. The molecule has 1 aliphatic rings. The zero-order valence-electron chi connectivity index (χ0n) is 10.1. The maximum Gasteiger partial charge on any atom is 0.151 e. The van der Waals surface area contributed by atoms with Crippen molar-refractivity contribution < 1.29 is 12.9 Å². The molecule has 2 unspecified atom stereocenters. The quantitative estimate of drug-likeness (QED) is 0.873. The van der Waals surface area contributed by atoms with Crippen molar-refractivity contribution in [3.8, 4) is 0 Å². The highest BCUT2D eigenvalue weighted by atomic mass is 32.2. The van der Waals surface area contributed by atoms with Crippen molar-refractivity contribution in [2.75, 3.05) is 6.26 Å². The van der Waals surface area contributed by atoms with E-state index in [1.165, 1.54) is 6.26 Å². The van der Waals surface area contributed by atoms with Crippen LogP contribution in [0.25, 0.3) is 0 Å². The van der Waals surface area contributed by atoms with E-state index >= 15 is 0 Å². The van der Waals surface area contributed by atoms with Crippen LogP contribution in [0.1, 0.15) is 30.7 Å². The number of sulfone groups is 1. The van der Waals surface area contributed by atoms with Gasteiger partial charge in [-0.05, 0) is 19.8 Å². The third kappa shape index (κ3) is 3.07. The SMILES string of the molecule is Cc1cc(CNC2CCCC2S(C)(=O)=O)on1. The molecule has 0 bridgehead atoms. The second-order valence-corrected chi connectivity index (χ2v) is 6.99. The van der Waals surface area contributed by atoms with Gasteiger partial charge in [0.05, 0.1) is 17.5 Å². The van der Waals surface area contributed by atoms with Crippen LogP contribution in [-0.4, -0.2) is 31.1 Å². The third-order valence-corrected chi connectivity index (χ3v) is 4.88. The van der Waals surface area contributed by atoms with Crippen LogP contribution in [-0.2, 0) is 16.4 Å². The molecule has 1 aliphatic carbocycles. The summed E-state index contributed by atoms with van der Waals surface area (Å²) in [6.07, 6.45) is 3.94. The van der Waals surface area contributed by atoms with Crippen LogP contribution < -0.4 is 5.32 Å². The van der Waals surface area contributed by atoms with Gasteiger partial charge in [-0.1, -0.05) is 11.6 Å². The molecule has 0 spiro atoms. The summed E-state index contributed by atoms with van der Waals surface area (Å²) in [5.74, 6) is 0.752. The Morgan fingerprint density at radius 1 is 1.53 bits per heavy atom. The Labute approximate surface area is 101 Å². The summed E-state index contributed by atoms with van der Waals surface area (Å²) in [4.78, 5) is 0. The van der Waals surface area contributed by atoms with Crippen molar-refractivity contribution in [1.82, 2.24) is 10.5 Å². The lowest BCUT2D eigenvalue weighted by molar-refractivity contribution is 0.360. The molecule has 5 nitrogen and oxygen atoms in total. The van der Waals surface area contributed by atoms with Crippen molar-refractivity contribution in [3.63, 3.8) is 0 Å². The number of hydrogen-bond acceptors (Lipinski definition) is 5. The standard InChI is InChI=1S/C11H18N2O3S/c1-8-6-9(16-13-8)7-12-10-4-3-5-11(10)17(2,14)15/h6,10-12H,3-5,7H2,1-2H3. The van der Waals surface area contributed by atoms with Gasteiger partial charge in [0.1, 0.15) is 0 Å². The lowest BCUT2D eigenvalue weighted by atomic mass is 10.2. The highest BCUT2D eigenvalue weighted by molar-refractivity contribution is 7.91. The fourth-order valence-corrected chi connectivity index (χ4v) is 3.83. The van der Waals surface area contributed by atoms with Gasteiger partial charge in [0.2, 0.25) is 0 Å². The average Bonchev–Trinajstić information content (AvgIpc) is 2.81. The molecule has 0 saturated heterocycles. The molecule has 0 aliphatic heterocycles. The molecule has 96 valence electrons. The molecule has 2 atom stereocenters. The summed E-state index contributed by atoms with van der Waals surface area (Å²) in [6.45, 7) is 2.40. The summed E-state index contributed by atoms with van der Waals surface area (Å²) >= 11 is 0. The maximum atomic E-state index is 11.6. The highest BCUT2D eigenvalue weighted by Crippen LogP contribution is 2.25. The first-order valence-electron chi connectivity index (χ1n) is 5.81. The van der Waals surface area contributed by atoms with Crippen molar-refractivity contribution in [2.45, 2.75) is 44.0 Å². The molecule has 1 fully saturated rings. The van der Waals surface area contributed by atoms with Gasteiger partial charge in [-0.25, -0.2) is 8.42 Å². The molecule has 0 amide bonds. The van der Waals surface area contributed by atoms with Crippen LogP contribution >= 0.6 is 0 Å². The molecule has 1 N–H and O–H groups in total. The van der Waals surface area contributed by atoms with E-state index in [9.17, 15) is 8.42 Å².